The van der Waals surface area contributed by atoms with Gasteiger partial charge in [0.15, 0.2) is 0 Å². The second kappa shape index (κ2) is 18.4. The van der Waals surface area contributed by atoms with Gasteiger partial charge in [-0.3, -0.25) is 0 Å². The molecule has 0 amide bonds. The fourth-order valence-electron chi connectivity index (χ4n) is 4.93. The first kappa shape index (κ1) is 37.5. The maximum Gasteiger partial charge on any atom is 0.333 e. The van der Waals surface area contributed by atoms with Crippen LogP contribution in [0, 0.1) is 0 Å². The Hall–Kier alpha value is -4.95. The molecule has 0 spiro atoms. The number of carbonyl (C=O) groups is 3. The van der Waals surface area contributed by atoms with Crippen molar-refractivity contribution in [2.24, 2.45) is 0 Å². The molecule has 1 N–H and O–H groups in total. The summed E-state index contributed by atoms with van der Waals surface area (Å²) >= 11 is 0. The van der Waals surface area contributed by atoms with Crippen molar-refractivity contribution in [2.75, 3.05) is 26.4 Å². The Morgan fingerprint density at radius 1 is 0.646 bits per heavy atom. The average Bonchev–Trinajstić information content (AvgIpc) is 3.07. The van der Waals surface area contributed by atoms with Gasteiger partial charge in [-0.2, -0.15) is 0 Å². The normalized spacial score (nSPS) is 10.6. The van der Waals surface area contributed by atoms with E-state index in [1.165, 1.54) is 5.56 Å². The lowest BCUT2D eigenvalue weighted by Gasteiger charge is -2.20. The standard InChI is InChI=1S/C40H46O8/c1-8-31-24-33(15-16-35(31)32-13-11-29(12-14-32)10-9-18-41)36-23-30(25-48-40(44)28(6)7)22-34(17-19-46-38(42)26(2)3)37(36)45-20-21-47-39(43)27(4)5/h11-16,22-24,41H,2,4,6,8-10,17-21,25H2,1,3,5,7H3. The van der Waals surface area contributed by atoms with E-state index in [0.717, 1.165) is 52.6 Å². The lowest BCUT2D eigenvalue weighted by Crippen LogP contribution is -2.14. The molecule has 0 aromatic heterocycles. The minimum Gasteiger partial charge on any atom is -0.489 e. The smallest absolute Gasteiger partial charge is 0.333 e. The molecule has 0 saturated carbocycles. The van der Waals surface area contributed by atoms with Gasteiger partial charge in [0.25, 0.3) is 0 Å². The van der Waals surface area contributed by atoms with Crippen LogP contribution in [0.25, 0.3) is 22.3 Å². The Morgan fingerprint density at radius 2 is 1.25 bits per heavy atom. The molecule has 0 aliphatic heterocycles. The van der Waals surface area contributed by atoms with Crippen LogP contribution in [0.1, 0.15) is 56.4 Å². The first-order valence-electron chi connectivity index (χ1n) is 16.0. The van der Waals surface area contributed by atoms with E-state index in [2.05, 4.69) is 63.1 Å². The van der Waals surface area contributed by atoms with Crippen molar-refractivity contribution in [1.82, 2.24) is 0 Å². The summed E-state index contributed by atoms with van der Waals surface area (Å²) in [5, 5.41) is 9.18. The number of aliphatic hydroxyl groups excluding tert-OH is 1. The maximum absolute atomic E-state index is 12.3. The second-order valence-electron chi connectivity index (χ2n) is 11.7. The molecule has 0 saturated heterocycles. The predicted molar refractivity (Wildman–Crippen MR) is 187 cm³/mol. The van der Waals surface area contributed by atoms with Crippen molar-refractivity contribution in [2.45, 2.75) is 60.0 Å². The molecular weight excluding hydrogens is 608 g/mol. The van der Waals surface area contributed by atoms with Crippen molar-refractivity contribution >= 4 is 17.9 Å². The van der Waals surface area contributed by atoms with Gasteiger partial charge in [-0.15, -0.1) is 0 Å². The minimum absolute atomic E-state index is 0.000637. The van der Waals surface area contributed by atoms with E-state index in [4.69, 9.17) is 18.9 Å². The van der Waals surface area contributed by atoms with Crippen LogP contribution in [0.4, 0.5) is 0 Å². The van der Waals surface area contributed by atoms with E-state index in [0.29, 0.717) is 23.3 Å². The maximum atomic E-state index is 12.3. The number of carbonyl (C=O) groups excluding carboxylic acids is 3. The first-order valence-corrected chi connectivity index (χ1v) is 16.0. The van der Waals surface area contributed by atoms with Gasteiger partial charge >= 0.3 is 17.9 Å². The highest BCUT2D eigenvalue weighted by atomic mass is 16.6. The Balaban J connectivity index is 2.08. The quantitative estimate of drug-likeness (QED) is 0.0660. The molecule has 0 radical (unpaired) electrons. The number of benzene rings is 3. The van der Waals surface area contributed by atoms with Crippen LogP contribution in [0.2, 0.25) is 0 Å². The lowest BCUT2D eigenvalue weighted by molar-refractivity contribution is -0.140. The molecule has 3 aromatic carbocycles. The summed E-state index contributed by atoms with van der Waals surface area (Å²) in [6.45, 7) is 18.1. The molecule has 0 fully saturated rings. The van der Waals surface area contributed by atoms with Gasteiger partial charge in [-0.25, -0.2) is 14.4 Å². The highest BCUT2D eigenvalue weighted by Gasteiger charge is 2.18. The summed E-state index contributed by atoms with van der Waals surface area (Å²) in [4.78, 5) is 36.4. The van der Waals surface area contributed by atoms with Crippen LogP contribution < -0.4 is 4.74 Å². The zero-order valence-electron chi connectivity index (χ0n) is 28.5. The molecule has 3 rings (SSSR count). The third-order valence-corrected chi connectivity index (χ3v) is 7.49. The summed E-state index contributed by atoms with van der Waals surface area (Å²) < 4.78 is 22.5. The van der Waals surface area contributed by atoms with Crippen LogP contribution in [-0.2, 0) is 54.5 Å². The van der Waals surface area contributed by atoms with Gasteiger partial charge in [0.2, 0.25) is 0 Å². The molecule has 8 nitrogen and oxygen atoms in total. The van der Waals surface area contributed by atoms with Gasteiger partial charge in [0.1, 0.15) is 25.6 Å². The van der Waals surface area contributed by atoms with Crippen molar-refractivity contribution in [3.05, 3.63) is 113 Å². The van der Waals surface area contributed by atoms with E-state index in [9.17, 15) is 19.5 Å². The molecule has 0 aliphatic rings. The molecular formula is C40H46O8. The van der Waals surface area contributed by atoms with Gasteiger partial charge in [-0.1, -0.05) is 69.1 Å². The molecule has 48 heavy (non-hydrogen) atoms. The molecule has 0 aliphatic carbocycles. The fourth-order valence-corrected chi connectivity index (χ4v) is 4.93. The summed E-state index contributed by atoms with van der Waals surface area (Å²) in [5.74, 6) is -0.982. The molecule has 0 bridgehead atoms. The van der Waals surface area contributed by atoms with Crippen molar-refractivity contribution in [1.29, 1.82) is 0 Å². The third-order valence-electron chi connectivity index (χ3n) is 7.49. The molecule has 8 heteroatoms. The van der Waals surface area contributed by atoms with E-state index in [-0.39, 0.29) is 44.2 Å². The van der Waals surface area contributed by atoms with E-state index in [1.807, 2.05) is 18.2 Å². The third kappa shape index (κ3) is 10.8. The van der Waals surface area contributed by atoms with Crippen LogP contribution >= 0.6 is 0 Å². The van der Waals surface area contributed by atoms with Gasteiger partial charge in [-0.05, 0) is 91.1 Å². The first-order chi connectivity index (χ1) is 22.9. The monoisotopic (exact) mass is 654 g/mol. The van der Waals surface area contributed by atoms with E-state index in [1.54, 1.807) is 20.8 Å². The molecule has 0 atom stereocenters. The van der Waals surface area contributed by atoms with Crippen LogP contribution in [-0.4, -0.2) is 49.4 Å². The van der Waals surface area contributed by atoms with Crippen molar-refractivity contribution in [3.8, 4) is 28.0 Å². The van der Waals surface area contributed by atoms with Crippen molar-refractivity contribution in [3.63, 3.8) is 0 Å². The summed E-state index contributed by atoms with van der Waals surface area (Å²) in [6, 6.07) is 18.4. The van der Waals surface area contributed by atoms with Gasteiger partial charge in [0, 0.05) is 35.3 Å². The average molecular weight is 655 g/mol. The largest absolute Gasteiger partial charge is 0.489 e. The van der Waals surface area contributed by atoms with E-state index < -0.39 is 17.9 Å². The number of esters is 3. The number of hydrogen-bond acceptors (Lipinski definition) is 8. The minimum atomic E-state index is -0.509. The SMILES string of the molecule is C=C(C)C(=O)OCCOc1c(CCOC(=O)C(=C)C)cc(COC(=O)C(=C)C)cc1-c1ccc(-c2ccc(CCCO)cc2)c(CC)c1. The van der Waals surface area contributed by atoms with Crippen LogP contribution in [0.15, 0.2) is 91.1 Å². The second-order valence-corrected chi connectivity index (χ2v) is 11.7. The zero-order chi connectivity index (χ0) is 35.2. The fraction of sp³-hybridized carbons (Fsp3) is 0.325. The van der Waals surface area contributed by atoms with E-state index >= 15 is 0 Å². The number of rotatable bonds is 18. The Labute approximate surface area is 283 Å². The van der Waals surface area contributed by atoms with Crippen LogP contribution in [0.3, 0.4) is 0 Å². The summed E-state index contributed by atoms with van der Waals surface area (Å²) in [6.07, 6.45) is 2.61. The number of hydrogen-bond donors (Lipinski definition) is 1. The lowest BCUT2D eigenvalue weighted by atomic mass is 9.91. The molecule has 0 heterocycles. The van der Waals surface area contributed by atoms with Gasteiger partial charge < -0.3 is 24.1 Å². The molecule has 254 valence electrons. The Morgan fingerprint density at radius 3 is 1.85 bits per heavy atom. The number of ether oxygens (including phenoxy) is 4. The number of aliphatic hydroxyl groups is 1. The summed E-state index contributed by atoms with van der Waals surface area (Å²) in [5.41, 5.74) is 8.38. The van der Waals surface area contributed by atoms with Gasteiger partial charge in [0.05, 0.1) is 6.61 Å². The van der Waals surface area contributed by atoms with Crippen molar-refractivity contribution < 1.29 is 38.4 Å². The van der Waals surface area contributed by atoms with Crippen LogP contribution in [0.5, 0.6) is 5.75 Å². The number of aryl methyl sites for hydroxylation is 2. The highest BCUT2D eigenvalue weighted by Crippen LogP contribution is 2.38. The zero-order valence-corrected chi connectivity index (χ0v) is 28.5. The predicted octanol–water partition coefficient (Wildman–Crippen LogP) is 7.29. The topological polar surface area (TPSA) is 108 Å². The Kier molecular flexibility index (Phi) is 14.4. The highest BCUT2D eigenvalue weighted by molar-refractivity contribution is 5.88. The summed E-state index contributed by atoms with van der Waals surface area (Å²) in [7, 11) is 0. The Bertz CT molecular complexity index is 1650. The molecule has 0 unspecified atom stereocenters. The molecule has 3 aromatic rings.